The number of halogens is 5. The van der Waals surface area contributed by atoms with Gasteiger partial charge in [0.05, 0.1) is 0 Å². The normalized spacial score (nSPS) is 12.3. The highest BCUT2D eigenvalue weighted by atomic mass is 19.4. The number of pyridine rings is 1. The van der Waals surface area contributed by atoms with E-state index in [9.17, 15) is 26.7 Å². The van der Waals surface area contributed by atoms with Crippen LogP contribution in [-0.2, 0) is 17.4 Å². The maximum absolute atomic E-state index is 12.9. The van der Waals surface area contributed by atoms with Crippen LogP contribution in [0.2, 0.25) is 0 Å². The van der Waals surface area contributed by atoms with E-state index in [1.54, 1.807) is 41.3 Å². The predicted octanol–water partition coefficient (Wildman–Crippen LogP) is 5.63. The van der Waals surface area contributed by atoms with E-state index in [-0.39, 0.29) is 11.7 Å². The van der Waals surface area contributed by atoms with Crippen LogP contribution in [0, 0.1) is 0 Å². The van der Waals surface area contributed by atoms with Crippen LogP contribution >= 0.6 is 0 Å². The van der Waals surface area contributed by atoms with Crippen molar-refractivity contribution in [2.45, 2.75) is 31.7 Å². The Balaban J connectivity index is 1.88. The molecule has 0 aliphatic heterocycles. The molecule has 1 heterocycles. The van der Waals surface area contributed by atoms with E-state index in [1.165, 1.54) is 31.4 Å². The Morgan fingerprint density at radius 2 is 1.80 bits per heavy atom. The number of benzene rings is 2. The van der Waals surface area contributed by atoms with Crippen LogP contribution < -0.4 is 15.0 Å². The SMILES string of the molecule is CNC(=O)C(c1ccccc1)N(CCCc1ccc(C(F)(F)F)nc1)c1cccc(OC(F)F)c1. The Labute approximate surface area is 199 Å². The minimum Gasteiger partial charge on any atom is -0.435 e. The fourth-order valence-corrected chi connectivity index (χ4v) is 3.68. The first-order chi connectivity index (χ1) is 16.7. The van der Waals surface area contributed by atoms with Crippen molar-refractivity contribution in [1.29, 1.82) is 0 Å². The van der Waals surface area contributed by atoms with Crippen molar-refractivity contribution in [1.82, 2.24) is 10.3 Å². The summed E-state index contributed by atoms with van der Waals surface area (Å²) in [4.78, 5) is 18.2. The van der Waals surface area contributed by atoms with Crippen molar-refractivity contribution in [2.24, 2.45) is 0 Å². The molecule has 1 unspecified atom stereocenters. The third-order valence-electron chi connectivity index (χ3n) is 5.28. The van der Waals surface area contributed by atoms with Gasteiger partial charge in [-0.15, -0.1) is 0 Å². The number of rotatable bonds is 10. The van der Waals surface area contributed by atoms with E-state index < -0.39 is 24.5 Å². The minimum absolute atomic E-state index is 0.0573. The summed E-state index contributed by atoms with van der Waals surface area (Å²) in [6.45, 7) is -2.71. The monoisotopic (exact) mass is 493 g/mol. The van der Waals surface area contributed by atoms with Crippen LogP contribution in [0.15, 0.2) is 72.9 Å². The molecular weight excluding hydrogens is 469 g/mol. The van der Waals surface area contributed by atoms with Crippen LogP contribution in [-0.4, -0.2) is 31.1 Å². The van der Waals surface area contributed by atoms with E-state index in [4.69, 9.17) is 0 Å². The second-order valence-corrected chi connectivity index (χ2v) is 7.65. The number of carbonyl (C=O) groups excluding carboxylic acids is 1. The molecule has 0 saturated heterocycles. The van der Waals surface area contributed by atoms with Crippen molar-refractivity contribution < 1.29 is 31.5 Å². The van der Waals surface area contributed by atoms with Gasteiger partial charge < -0.3 is 15.0 Å². The van der Waals surface area contributed by atoms with Gasteiger partial charge in [-0.3, -0.25) is 9.78 Å². The molecule has 0 fully saturated rings. The van der Waals surface area contributed by atoms with Crippen LogP contribution in [0.25, 0.3) is 0 Å². The van der Waals surface area contributed by atoms with Gasteiger partial charge in [0.15, 0.2) is 0 Å². The van der Waals surface area contributed by atoms with E-state index in [2.05, 4.69) is 15.0 Å². The van der Waals surface area contributed by atoms with Gasteiger partial charge in [0.2, 0.25) is 5.91 Å². The zero-order valence-corrected chi connectivity index (χ0v) is 18.8. The Kier molecular flexibility index (Phi) is 8.62. The lowest BCUT2D eigenvalue weighted by Gasteiger charge is -2.33. The summed E-state index contributed by atoms with van der Waals surface area (Å²) in [5, 5.41) is 2.64. The molecular formula is C25H24F5N3O2. The molecule has 0 saturated carbocycles. The zero-order valence-electron chi connectivity index (χ0n) is 18.8. The number of alkyl halides is 5. The topological polar surface area (TPSA) is 54.5 Å². The highest BCUT2D eigenvalue weighted by Crippen LogP contribution is 2.31. The van der Waals surface area contributed by atoms with Crippen LogP contribution in [0.5, 0.6) is 5.75 Å². The van der Waals surface area contributed by atoms with Crippen molar-refractivity contribution in [3.8, 4) is 5.75 Å². The average Bonchev–Trinajstić information content (AvgIpc) is 2.83. The van der Waals surface area contributed by atoms with Crippen molar-refractivity contribution in [3.05, 3.63) is 89.7 Å². The fourth-order valence-electron chi connectivity index (χ4n) is 3.68. The molecule has 5 nitrogen and oxygen atoms in total. The molecule has 10 heteroatoms. The van der Waals surface area contributed by atoms with E-state index in [1.807, 2.05) is 6.07 Å². The molecule has 3 aromatic rings. The fraction of sp³-hybridized carbons (Fsp3) is 0.280. The number of amides is 1. The Morgan fingerprint density at radius 1 is 1.06 bits per heavy atom. The summed E-state index contributed by atoms with van der Waals surface area (Å²) < 4.78 is 68.4. The maximum Gasteiger partial charge on any atom is 0.433 e. The molecule has 3 rings (SSSR count). The van der Waals surface area contributed by atoms with Crippen LogP contribution in [0.3, 0.4) is 0 Å². The molecule has 35 heavy (non-hydrogen) atoms. The van der Waals surface area contributed by atoms with Crippen LogP contribution in [0.1, 0.15) is 29.3 Å². The van der Waals surface area contributed by atoms with Gasteiger partial charge in [-0.05, 0) is 42.2 Å². The summed E-state index contributed by atoms with van der Waals surface area (Å²) in [5.41, 5.74) is 0.792. The average molecular weight is 493 g/mol. The Hall–Kier alpha value is -3.69. The molecule has 0 aliphatic carbocycles. The lowest BCUT2D eigenvalue weighted by atomic mass is 10.0. The summed E-state index contributed by atoms with van der Waals surface area (Å²) in [5.74, 6) is -0.370. The number of carbonyl (C=O) groups is 1. The lowest BCUT2D eigenvalue weighted by Crippen LogP contribution is -2.40. The molecule has 2 aromatic carbocycles. The van der Waals surface area contributed by atoms with Gasteiger partial charge in [0.1, 0.15) is 17.5 Å². The van der Waals surface area contributed by atoms with E-state index in [0.29, 0.717) is 36.2 Å². The summed E-state index contributed by atoms with van der Waals surface area (Å²) in [6.07, 6.45) is -2.49. The summed E-state index contributed by atoms with van der Waals surface area (Å²) >= 11 is 0. The number of nitrogens with zero attached hydrogens (tertiary/aromatic N) is 2. The van der Waals surface area contributed by atoms with E-state index in [0.717, 1.165) is 6.07 Å². The molecule has 0 spiro atoms. The van der Waals surface area contributed by atoms with Crippen molar-refractivity contribution in [3.63, 3.8) is 0 Å². The van der Waals surface area contributed by atoms with Gasteiger partial charge in [-0.25, -0.2) is 0 Å². The first-order valence-corrected chi connectivity index (χ1v) is 10.8. The number of nitrogens with one attached hydrogen (secondary N) is 1. The van der Waals surface area contributed by atoms with Crippen molar-refractivity contribution in [2.75, 3.05) is 18.5 Å². The zero-order chi connectivity index (χ0) is 25.4. The number of hydrogen-bond donors (Lipinski definition) is 1. The van der Waals surface area contributed by atoms with E-state index >= 15 is 0 Å². The van der Waals surface area contributed by atoms with Crippen LogP contribution in [0.4, 0.5) is 27.6 Å². The molecule has 0 bridgehead atoms. The first kappa shape index (κ1) is 25.9. The smallest absolute Gasteiger partial charge is 0.433 e. The number of aromatic nitrogens is 1. The molecule has 186 valence electrons. The van der Waals surface area contributed by atoms with Crippen molar-refractivity contribution >= 4 is 11.6 Å². The standard InChI is InChI=1S/C25H24F5N3O2/c1-31-23(34)22(18-8-3-2-4-9-18)33(19-10-5-11-20(15-19)35-24(26)27)14-6-7-17-12-13-21(32-16-17)25(28,29)30/h2-5,8-13,15-16,22,24H,6-7,14H2,1H3,(H,31,34). The molecule has 1 amide bonds. The number of hydrogen-bond acceptors (Lipinski definition) is 4. The second kappa shape index (κ2) is 11.6. The van der Waals surface area contributed by atoms with Gasteiger partial charge in [-0.2, -0.15) is 22.0 Å². The number of ether oxygens (including phenoxy) is 1. The third-order valence-corrected chi connectivity index (χ3v) is 5.28. The molecule has 1 aromatic heterocycles. The predicted molar refractivity (Wildman–Crippen MR) is 121 cm³/mol. The lowest BCUT2D eigenvalue weighted by molar-refractivity contribution is -0.141. The quantitative estimate of drug-likeness (QED) is 0.372. The number of aryl methyl sites for hydroxylation is 1. The molecule has 0 aliphatic rings. The Bertz CT molecular complexity index is 1090. The maximum atomic E-state index is 12.9. The Morgan fingerprint density at radius 3 is 2.40 bits per heavy atom. The molecule has 0 radical (unpaired) electrons. The van der Waals surface area contributed by atoms with Gasteiger partial charge in [0.25, 0.3) is 0 Å². The second-order valence-electron chi connectivity index (χ2n) is 7.65. The minimum atomic E-state index is -4.52. The summed E-state index contributed by atoms with van der Waals surface area (Å²) in [7, 11) is 1.50. The number of likely N-dealkylation sites (N-methyl/N-ethyl adjacent to an activating group) is 1. The third kappa shape index (κ3) is 7.14. The highest BCUT2D eigenvalue weighted by Gasteiger charge is 2.32. The number of anilines is 1. The first-order valence-electron chi connectivity index (χ1n) is 10.8. The van der Waals surface area contributed by atoms with Gasteiger partial charge >= 0.3 is 12.8 Å². The van der Waals surface area contributed by atoms with Gasteiger partial charge in [-0.1, -0.05) is 42.5 Å². The molecule has 1 atom stereocenters. The highest BCUT2D eigenvalue weighted by molar-refractivity contribution is 5.86. The van der Waals surface area contributed by atoms with Gasteiger partial charge in [0, 0.05) is 31.5 Å². The molecule has 1 N–H and O–H groups in total. The summed E-state index contributed by atoms with van der Waals surface area (Å²) in [6, 6.07) is 16.5. The largest absolute Gasteiger partial charge is 0.435 e.